The number of nitrogen functional groups attached to an aromatic ring is 1. The van der Waals surface area contributed by atoms with E-state index in [0.717, 1.165) is 11.2 Å². The zero-order valence-corrected chi connectivity index (χ0v) is 11.6. The maximum absolute atomic E-state index is 12.1. The number of hydrogen-bond acceptors (Lipinski definition) is 4. The number of benzene rings is 1. The fourth-order valence-electron chi connectivity index (χ4n) is 2.05. The van der Waals surface area contributed by atoms with E-state index in [2.05, 4.69) is 15.5 Å². The maximum Gasteiger partial charge on any atom is 0.251 e. The summed E-state index contributed by atoms with van der Waals surface area (Å²) in [6, 6.07) is 10.9. The molecule has 0 unspecified atom stereocenters. The molecule has 6 nitrogen and oxygen atoms in total. The number of hydrogen-bond donors (Lipinski definition) is 2. The molecule has 0 fully saturated rings. The van der Waals surface area contributed by atoms with Crippen molar-refractivity contribution in [1.82, 2.24) is 19.9 Å². The monoisotopic (exact) mass is 281 g/mol. The molecule has 3 aromatic rings. The molecule has 106 valence electrons. The van der Waals surface area contributed by atoms with Crippen LogP contribution >= 0.6 is 0 Å². The summed E-state index contributed by atoms with van der Waals surface area (Å²) in [5.74, 6) is 0.494. The van der Waals surface area contributed by atoms with Gasteiger partial charge in [-0.1, -0.05) is 12.1 Å². The number of nitrogens with one attached hydrogen (secondary N) is 1. The number of rotatable bonds is 3. The van der Waals surface area contributed by atoms with Crippen molar-refractivity contribution in [3.05, 3.63) is 59.5 Å². The highest BCUT2D eigenvalue weighted by Crippen LogP contribution is 2.13. The largest absolute Gasteiger partial charge is 0.398 e. The van der Waals surface area contributed by atoms with Gasteiger partial charge in [0.05, 0.1) is 6.54 Å². The number of nitrogens with two attached hydrogens (primary N) is 1. The molecular weight excluding hydrogens is 266 g/mol. The summed E-state index contributed by atoms with van der Waals surface area (Å²) in [4.78, 5) is 12.1. The lowest BCUT2D eigenvalue weighted by Crippen LogP contribution is -2.24. The number of pyridine rings is 1. The lowest BCUT2D eigenvalue weighted by Gasteiger charge is -2.06. The van der Waals surface area contributed by atoms with Crippen LogP contribution in [0.15, 0.2) is 42.6 Å². The van der Waals surface area contributed by atoms with Gasteiger partial charge in [-0.3, -0.25) is 9.20 Å². The molecule has 0 atom stereocenters. The van der Waals surface area contributed by atoms with E-state index < -0.39 is 0 Å². The number of aromatic nitrogens is 3. The first-order valence-electron chi connectivity index (χ1n) is 6.58. The summed E-state index contributed by atoms with van der Waals surface area (Å²) < 4.78 is 1.84. The van der Waals surface area contributed by atoms with Gasteiger partial charge in [0.25, 0.3) is 5.91 Å². The fraction of sp³-hybridized carbons (Fsp3) is 0.133. The van der Waals surface area contributed by atoms with Crippen LogP contribution in [0, 0.1) is 6.92 Å². The second kappa shape index (κ2) is 5.24. The van der Waals surface area contributed by atoms with Crippen LogP contribution in [0.3, 0.4) is 0 Å². The minimum atomic E-state index is -0.186. The second-order valence-electron chi connectivity index (χ2n) is 4.80. The van der Waals surface area contributed by atoms with Crippen molar-refractivity contribution >= 4 is 17.2 Å². The van der Waals surface area contributed by atoms with Crippen LogP contribution < -0.4 is 11.1 Å². The predicted molar refractivity (Wildman–Crippen MR) is 79.7 cm³/mol. The maximum atomic E-state index is 12.1. The minimum Gasteiger partial charge on any atom is -0.398 e. The smallest absolute Gasteiger partial charge is 0.251 e. The van der Waals surface area contributed by atoms with Crippen molar-refractivity contribution in [2.45, 2.75) is 13.5 Å². The molecule has 0 aliphatic carbocycles. The molecule has 3 rings (SSSR count). The fourth-order valence-corrected chi connectivity index (χ4v) is 2.05. The average molecular weight is 281 g/mol. The Kier molecular flexibility index (Phi) is 3.27. The van der Waals surface area contributed by atoms with Crippen LogP contribution in [-0.2, 0) is 6.54 Å². The molecule has 0 aliphatic rings. The lowest BCUT2D eigenvalue weighted by atomic mass is 10.1. The summed E-state index contributed by atoms with van der Waals surface area (Å²) in [5.41, 5.74) is 8.66. The number of carbonyl (C=O) groups is 1. The molecule has 2 aromatic heterocycles. The molecule has 3 N–H and O–H groups in total. The van der Waals surface area contributed by atoms with Crippen LogP contribution in [0.4, 0.5) is 5.69 Å². The Morgan fingerprint density at radius 3 is 2.95 bits per heavy atom. The number of amides is 1. The number of nitrogens with zero attached hydrogens (tertiary/aromatic N) is 3. The third-order valence-corrected chi connectivity index (χ3v) is 3.33. The van der Waals surface area contributed by atoms with Crippen molar-refractivity contribution in [2.75, 3.05) is 5.73 Å². The highest BCUT2D eigenvalue weighted by molar-refractivity contribution is 5.95. The minimum absolute atomic E-state index is 0.186. The molecule has 0 spiro atoms. The van der Waals surface area contributed by atoms with Crippen molar-refractivity contribution < 1.29 is 4.79 Å². The first kappa shape index (κ1) is 13.1. The summed E-state index contributed by atoms with van der Waals surface area (Å²) in [5, 5.41) is 10.9. The SMILES string of the molecule is Cc1ccc(C(=O)NCc2nnc3ccccn23)cc1N. The van der Waals surface area contributed by atoms with E-state index in [9.17, 15) is 4.79 Å². The molecule has 0 saturated carbocycles. The first-order chi connectivity index (χ1) is 10.1. The quantitative estimate of drug-likeness (QED) is 0.713. The third kappa shape index (κ3) is 2.55. The molecule has 0 aliphatic heterocycles. The predicted octanol–water partition coefficient (Wildman–Crippen LogP) is 1.55. The number of fused-ring (bicyclic) bond motifs is 1. The van der Waals surface area contributed by atoms with E-state index >= 15 is 0 Å². The van der Waals surface area contributed by atoms with Gasteiger partial charge < -0.3 is 11.1 Å². The number of aryl methyl sites for hydroxylation is 1. The van der Waals surface area contributed by atoms with Gasteiger partial charge in [0.2, 0.25) is 0 Å². The van der Waals surface area contributed by atoms with E-state index in [1.807, 2.05) is 41.8 Å². The summed E-state index contributed by atoms with van der Waals surface area (Å²) in [6.07, 6.45) is 1.86. The van der Waals surface area contributed by atoms with Gasteiger partial charge in [-0.05, 0) is 36.8 Å². The summed E-state index contributed by atoms with van der Waals surface area (Å²) in [7, 11) is 0. The van der Waals surface area contributed by atoms with Gasteiger partial charge >= 0.3 is 0 Å². The summed E-state index contributed by atoms with van der Waals surface area (Å²) in [6.45, 7) is 2.21. The standard InChI is InChI=1S/C15H15N5O/c1-10-5-6-11(8-12(10)16)15(21)17-9-14-19-18-13-4-2-3-7-20(13)14/h2-8H,9,16H2,1H3,(H,17,21). The van der Waals surface area contributed by atoms with E-state index in [0.29, 0.717) is 23.6 Å². The van der Waals surface area contributed by atoms with Gasteiger partial charge in [-0.25, -0.2) is 0 Å². The zero-order chi connectivity index (χ0) is 14.8. The Hall–Kier alpha value is -2.89. The van der Waals surface area contributed by atoms with E-state index in [-0.39, 0.29) is 5.91 Å². The highest BCUT2D eigenvalue weighted by Gasteiger charge is 2.09. The Bertz CT molecular complexity index is 809. The van der Waals surface area contributed by atoms with Crippen molar-refractivity contribution in [1.29, 1.82) is 0 Å². The van der Waals surface area contributed by atoms with E-state index in [1.54, 1.807) is 12.1 Å². The number of anilines is 1. The number of carbonyl (C=O) groups excluding carboxylic acids is 1. The van der Waals surface area contributed by atoms with Gasteiger partial charge in [-0.15, -0.1) is 10.2 Å². The van der Waals surface area contributed by atoms with E-state index in [4.69, 9.17) is 5.73 Å². The normalized spacial score (nSPS) is 10.7. The molecule has 0 radical (unpaired) electrons. The van der Waals surface area contributed by atoms with Gasteiger partial charge in [0, 0.05) is 17.4 Å². The van der Waals surface area contributed by atoms with Gasteiger partial charge in [-0.2, -0.15) is 0 Å². The Balaban J connectivity index is 1.75. The second-order valence-corrected chi connectivity index (χ2v) is 4.80. The highest BCUT2D eigenvalue weighted by atomic mass is 16.1. The molecule has 0 saturated heterocycles. The molecule has 1 aromatic carbocycles. The van der Waals surface area contributed by atoms with Crippen LogP contribution in [-0.4, -0.2) is 20.5 Å². The molecule has 2 heterocycles. The molecular formula is C15H15N5O. The van der Waals surface area contributed by atoms with Crippen LogP contribution in [0.2, 0.25) is 0 Å². The van der Waals surface area contributed by atoms with Gasteiger partial charge in [0.15, 0.2) is 11.5 Å². The zero-order valence-electron chi connectivity index (χ0n) is 11.6. The summed E-state index contributed by atoms with van der Waals surface area (Å²) >= 11 is 0. The van der Waals surface area contributed by atoms with E-state index in [1.165, 1.54) is 0 Å². The Morgan fingerprint density at radius 1 is 1.29 bits per heavy atom. The molecule has 1 amide bonds. The van der Waals surface area contributed by atoms with Crippen LogP contribution in [0.1, 0.15) is 21.7 Å². The first-order valence-corrected chi connectivity index (χ1v) is 6.58. The third-order valence-electron chi connectivity index (χ3n) is 3.33. The van der Waals surface area contributed by atoms with Crippen molar-refractivity contribution in [3.63, 3.8) is 0 Å². The van der Waals surface area contributed by atoms with Gasteiger partial charge in [0.1, 0.15) is 0 Å². The topological polar surface area (TPSA) is 85.3 Å². The van der Waals surface area contributed by atoms with Crippen molar-refractivity contribution in [2.24, 2.45) is 0 Å². The van der Waals surface area contributed by atoms with Crippen LogP contribution in [0.25, 0.3) is 5.65 Å². The average Bonchev–Trinajstić information content (AvgIpc) is 2.91. The molecule has 6 heteroatoms. The van der Waals surface area contributed by atoms with Crippen LogP contribution in [0.5, 0.6) is 0 Å². The molecule has 21 heavy (non-hydrogen) atoms. The lowest BCUT2D eigenvalue weighted by molar-refractivity contribution is 0.0950. The molecule has 0 bridgehead atoms. The Morgan fingerprint density at radius 2 is 2.14 bits per heavy atom. The Labute approximate surface area is 121 Å². The van der Waals surface area contributed by atoms with Crippen molar-refractivity contribution in [3.8, 4) is 0 Å².